The average Bonchev–Trinajstić information content (AvgIpc) is 3.06. The van der Waals surface area contributed by atoms with E-state index in [4.69, 9.17) is 21.3 Å². The predicted molar refractivity (Wildman–Crippen MR) is 113 cm³/mol. The molecule has 0 aliphatic heterocycles. The van der Waals surface area contributed by atoms with Crippen LogP contribution in [0.1, 0.15) is 5.82 Å². The summed E-state index contributed by atoms with van der Waals surface area (Å²) in [6, 6.07) is 26.1. The smallest absolute Gasteiger partial charge is 0.120 e. The van der Waals surface area contributed by atoms with Crippen molar-refractivity contribution in [3.63, 3.8) is 0 Å². The molecule has 3 aromatic carbocycles. The van der Waals surface area contributed by atoms with E-state index < -0.39 is 0 Å². The summed E-state index contributed by atoms with van der Waals surface area (Å²) in [7, 11) is 0. The van der Waals surface area contributed by atoms with Crippen molar-refractivity contribution in [1.82, 2.24) is 9.55 Å². The number of rotatable bonds is 7. The largest absolute Gasteiger partial charge is 0.492 e. The Morgan fingerprint density at radius 1 is 0.889 bits per heavy atom. The van der Waals surface area contributed by atoms with Gasteiger partial charge in [0.25, 0.3) is 0 Å². The fraction of sp³-hybridized carbons (Fsp3) is 0.136. The number of ether oxygens (including phenoxy) is 1. The molecular weight excluding hydrogens is 376 g/mol. The molecule has 0 bridgehead atoms. The molecule has 0 amide bonds. The van der Waals surface area contributed by atoms with Crippen LogP contribution in [0.15, 0.2) is 83.8 Å². The highest BCUT2D eigenvalue weighted by atomic mass is 35.5. The third-order valence-corrected chi connectivity index (χ3v) is 5.50. The maximum atomic E-state index is 5.93. The van der Waals surface area contributed by atoms with Crippen LogP contribution in [0.3, 0.4) is 0 Å². The lowest BCUT2D eigenvalue weighted by Gasteiger charge is -2.11. The van der Waals surface area contributed by atoms with Crippen molar-refractivity contribution in [1.29, 1.82) is 0 Å². The molecule has 5 heteroatoms. The molecular formula is C22H19ClN2OS. The zero-order chi connectivity index (χ0) is 18.5. The topological polar surface area (TPSA) is 27.1 Å². The summed E-state index contributed by atoms with van der Waals surface area (Å²) in [5.41, 5.74) is 2.16. The molecule has 0 atom stereocenters. The van der Waals surface area contributed by atoms with Crippen molar-refractivity contribution < 1.29 is 4.74 Å². The number of benzene rings is 3. The molecule has 0 unspecified atom stereocenters. The van der Waals surface area contributed by atoms with Gasteiger partial charge in [0.1, 0.15) is 18.2 Å². The van der Waals surface area contributed by atoms with Crippen LogP contribution in [0, 0.1) is 0 Å². The third kappa shape index (κ3) is 4.46. The number of fused-ring (bicyclic) bond motifs is 1. The van der Waals surface area contributed by atoms with E-state index in [1.165, 1.54) is 4.90 Å². The highest BCUT2D eigenvalue weighted by Crippen LogP contribution is 2.25. The summed E-state index contributed by atoms with van der Waals surface area (Å²) in [4.78, 5) is 6.08. The Hall–Kier alpha value is -2.43. The lowest BCUT2D eigenvalue weighted by molar-refractivity contribution is 0.299. The monoisotopic (exact) mass is 394 g/mol. The highest BCUT2D eigenvalue weighted by molar-refractivity contribution is 7.98. The quantitative estimate of drug-likeness (QED) is 0.356. The van der Waals surface area contributed by atoms with Gasteiger partial charge in [0, 0.05) is 9.92 Å². The second kappa shape index (κ2) is 8.51. The molecule has 136 valence electrons. The fourth-order valence-electron chi connectivity index (χ4n) is 2.94. The predicted octanol–water partition coefficient (Wildman–Crippen LogP) is 6.06. The average molecular weight is 395 g/mol. The van der Waals surface area contributed by atoms with Gasteiger partial charge in [-0.3, -0.25) is 0 Å². The number of aromatic nitrogens is 2. The molecule has 3 nitrogen and oxygen atoms in total. The van der Waals surface area contributed by atoms with Crippen LogP contribution in [0.2, 0.25) is 5.02 Å². The maximum absolute atomic E-state index is 5.93. The number of nitrogens with zero attached hydrogens (tertiary/aromatic N) is 2. The van der Waals surface area contributed by atoms with Gasteiger partial charge in [0.15, 0.2) is 0 Å². The van der Waals surface area contributed by atoms with E-state index in [1.54, 1.807) is 11.8 Å². The summed E-state index contributed by atoms with van der Waals surface area (Å²) in [5.74, 6) is 2.70. The normalized spacial score (nSPS) is 11.0. The first-order valence-electron chi connectivity index (χ1n) is 8.80. The number of hydrogen-bond acceptors (Lipinski definition) is 3. The van der Waals surface area contributed by atoms with E-state index in [-0.39, 0.29) is 0 Å². The van der Waals surface area contributed by atoms with Crippen LogP contribution in [0.5, 0.6) is 5.75 Å². The molecule has 0 saturated heterocycles. The van der Waals surface area contributed by atoms with Crippen LogP contribution in [0.25, 0.3) is 11.0 Å². The Kier molecular flexibility index (Phi) is 5.66. The van der Waals surface area contributed by atoms with Gasteiger partial charge in [0.2, 0.25) is 0 Å². The molecule has 4 aromatic rings. The zero-order valence-corrected chi connectivity index (χ0v) is 16.3. The fourth-order valence-corrected chi connectivity index (χ4v) is 3.93. The van der Waals surface area contributed by atoms with Gasteiger partial charge in [0.05, 0.1) is 23.3 Å². The van der Waals surface area contributed by atoms with E-state index >= 15 is 0 Å². The number of imidazole rings is 1. The van der Waals surface area contributed by atoms with E-state index in [2.05, 4.69) is 47.0 Å². The zero-order valence-electron chi connectivity index (χ0n) is 14.7. The Morgan fingerprint density at radius 3 is 2.44 bits per heavy atom. The molecule has 27 heavy (non-hydrogen) atoms. The van der Waals surface area contributed by atoms with Crippen LogP contribution < -0.4 is 4.74 Å². The van der Waals surface area contributed by atoms with E-state index in [0.717, 1.165) is 34.9 Å². The second-order valence-electron chi connectivity index (χ2n) is 6.07. The summed E-state index contributed by atoms with van der Waals surface area (Å²) in [6.07, 6.45) is 0. The molecule has 1 aromatic heterocycles. The molecule has 1 heterocycles. The number of para-hydroxylation sites is 2. The molecule has 0 radical (unpaired) electrons. The standard InChI is InChI=1S/C22H19ClN2OS/c23-17-10-12-18(13-11-17)26-15-14-25-21-9-5-4-8-20(21)24-22(25)16-27-19-6-2-1-3-7-19/h1-13H,14-16H2. The number of hydrogen-bond donors (Lipinski definition) is 0. The summed E-state index contributed by atoms with van der Waals surface area (Å²) in [5, 5.41) is 0.711. The van der Waals surface area contributed by atoms with Crippen molar-refractivity contribution in [3.8, 4) is 5.75 Å². The van der Waals surface area contributed by atoms with Gasteiger partial charge in [-0.2, -0.15) is 0 Å². The SMILES string of the molecule is Clc1ccc(OCCn2c(CSc3ccccc3)nc3ccccc32)cc1. The minimum atomic E-state index is 0.574. The number of halogens is 1. The third-order valence-electron chi connectivity index (χ3n) is 4.24. The van der Waals surface area contributed by atoms with Crippen molar-refractivity contribution >= 4 is 34.4 Å². The number of thioether (sulfide) groups is 1. The van der Waals surface area contributed by atoms with Gasteiger partial charge in [-0.25, -0.2) is 4.98 Å². The molecule has 4 rings (SSSR count). The Labute approximate surface area is 168 Å². The summed E-state index contributed by atoms with van der Waals surface area (Å²) >= 11 is 7.72. The van der Waals surface area contributed by atoms with Crippen molar-refractivity contribution in [3.05, 3.63) is 89.7 Å². The summed E-state index contributed by atoms with van der Waals surface area (Å²) < 4.78 is 8.14. The van der Waals surface area contributed by atoms with Crippen LogP contribution in [-0.2, 0) is 12.3 Å². The molecule has 0 N–H and O–H groups in total. The van der Waals surface area contributed by atoms with Gasteiger partial charge in [-0.05, 0) is 48.5 Å². The van der Waals surface area contributed by atoms with E-state index in [0.29, 0.717) is 11.6 Å². The molecule has 0 aliphatic rings. The minimum Gasteiger partial charge on any atom is -0.492 e. The van der Waals surface area contributed by atoms with Crippen molar-refractivity contribution in [2.24, 2.45) is 0 Å². The van der Waals surface area contributed by atoms with Crippen molar-refractivity contribution in [2.75, 3.05) is 6.61 Å². The van der Waals surface area contributed by atoms with E-state index in [1.807, 2.05) is 36.4 Å². The first-order valence-corrected chi connectivity index (χ1v) is 10.2. The molecule has 0 aliphatic carbocycles. The lowest BCUT2D eigenvalue weighted by Crippen LogP contribution is -2.10. The van der Waals surface area contributed by atoms with Crippen LogP contribution in [0.4, 0.5) is 0 Å². The highest BCUT2D eigenvalue weighted by Gasteiger charge is 2.11. The first kappa shape index (κ1) is 18.0. The summed E-state index contributed by atoms with van der Waals surface area (Å²) in [6.45, 7) is 1.32. The Balaban J connectivity index is 1.50. The van der Waals surface area contributed by atoms with Gasteiger partial charge in [-0.1, -0.05) is 41.9 Å². The second-order valence-corrected chi connectivity index (χ2v) is 7.56. The lowest BCUT2D eigenvalue weighted by atomic mass is 10.3. The Bertz CT molecular complexity index is 1020. The molecule has 0 saturated carbocycles. The minimum absolute atomic E-state index is 0.574. The molecule has 0 spiro atoms. The Morgan fingerprint density at radius 2 is 1.63 bits per heavy atom. The van der Waals surface area contributed by atoms with Gasteiger partial charge < -0.3 is 9.30 Å². The van der Waals surface area contributed by atoms with Crippen molar-refractivity contribution in [2.45, 2.75) is 17.2 Å². The van der Waals surface area contributed by atoms with Crippen LogP contribution in [-0.4, -0.2) is 16.2 Å². The van der Waals surface area contributed by atoms with Gasteiger partial charge in [-0.15, -0.1) is 11.8 Å². The maximum Gasteiger partial charge on any atom is 0.120 e. The van der Waals surface area contributed by atoms with Crippen LogP contribution >= 0.6 is 23.4 Å². The molecule has 0 fully saturated rings. The van der Waals surface area contributed by atoms with E-state index in [9.17, 15) is 0 Å². The van der Waals surface area contributed by atoms with Gasteiger partial charge >= 0.3 is 0 Å². The first-order chi connectivity index (χ1) is 13.3.